The zero-order chi connectivity index (χ0) is 15.7. The summed E-state index contributed by atoms with van der Waals surface area (Å²) in [6, 6.07) is 9.38. The van der Waals surface area contributed by atoms with Gasteiger partial charge in [0, 0.05) is 17.9 Å². The van der Waals surface area contributed by atoms with E-state index >= 15 is 0 Å². The smallest absolute Gasteiger partial charge is 0.262 e. The van der Waals surface area contributed by atoms with Gasteiger partial charge in [-0.15, -0.1) is 0 Å². The van der Waals surface area contributed by atoms with Gasteiger partial charge in [-0.25, -0.2) is 4.98 Å². The van der Waals surface area contributed by atoms with Crippen LogP contribution in [0.3, 0.4) is 0 Å². The highest BCUT2D eigenvalue weighted by molar-refractivity contribution is 7.98. The van der Waals surface area contributed by atoms with E-state index in [2.05, 4.69) is 10.1 Å². The molecule has 5 nitrogen and oxygen atoms in total. The maximum absolute atomic E-state index is 12.7. The number of benzene rings is 1. The molecule has 0 aliphatic heterocycles. The van der Waals surface area contributed by atoms with Crippen LogP contribution in [0.1, 0.15) is 31.3 Å². The van der Waals surface area contributed by atoms with E-state index in [1.807, 2.05) is 51.1 Å². The van der Waals surface area contributed by atoms with Crippen molar-refractivity contribution in [2.75, 3.05) is 0 Å². The van der Waals surface area contributed by atoms with E-state index in [1.54, 1.807) is 4.57 Å². The molecular weight excluding hydrogens is 298 g/mol. The normalized spacial score (nSPS) is 11.5. The maximum Gasteiger partial charge on any atom is 0.262 e. The monoisotopic (exact) mass is 315 g/mol. The molecule has 0 atom stereocenters. The van der Waals surface area contributed by atoms with Crippen LogP contribution >= 0.6 is 11.8 Å². The van der Waals surface area contributed by atoms with Crippen LogP contribution in [0.25, 0.3) is 10.9 Å². The van der Waals surface area contributed by atoms with Gasteiger partial charge in [-0.2, -0.15) is 0 Å². The van der Waals surface area contributed by atoms with Crippen molar-refractivity contribution in [2.24, 2.45) is 0 Å². The Hall–Kier alpha value is -2.08. The second-order valence-corrected chi connectivity index (χ2v) is 6.34. The predicted octanol–water partition coefficient (Wildman–Crippen LogP) is 3.57. The highest BCUT2D eigenvalue weighted by Gasteiger charge is 2.14. The first kappa shape index (κ1) is 14.8. The minimum absolute atomic E-state index is 0.000525. The van der Waals surface area contributed by atoms with Gasteiger partial charge in [0.15, 0.2) is 5.16 Å². The van der Waals surface area contributed by atoms with E-state index in [-0.39, 0.29) is 11.6 Å². The van der Waals surface area contributed by atoms with E-state index in [4.69, 9.17) is 4.52 Å². The van der Waals surface area contributed by atoms with E-state index < -0.39 is 0 Å². The molecule has 0 saturated heterocycles. The number of fused-ring (bicyclic) bond motifs is 1. The average Bonchev–Trinajstić information content (AvgIpc) is 2.90. The Labute approximate surface area is 132 Å². The van der Waals surface area contributed by atoms with Crippen molar-refractivity contribution >= 4 is 22.7 Å². The van der Waals surface area contributed by atoms with Gasteiger partial charge in [0.05, 0.1) is 16.6 Å². The summed E-state index contributed by atoms with van der Waals surface area (Å²) in [4.78, 5) is 17.3. The summed E-state index contributed by atoms with van der Waals surface area (Å²) in [7, 11) is 0. The SMILES string of the molecule is Cc1cc(CSc2nc3ccccc3c(=O)n2C(C)C)no1. The quantitative estimate of drug-likeness (QED) is 0.544. The molecule has 0 unspecified atom stereocenters. The summed E-state index contributed by atoms with van der Waals surface area (Å²) in [6.07, 6.45) is 0. The third-order valence-corrected chi connectivity index (χ3v) is 4.30. The van der Waals surface area contributed by atoms with Gasteiger partial charge in [0.25, 0.3) is 5.56 Å². The number of nitrogens with zero attached hydrogens (tertiary/aromatic N) is 3. The zero-order valence-electron chi connectivity index (χ0n) is 12.7. The number of rotatable bonds is 4. The van der Waals surface area contributed by atoms with Crippen LogP contribution in [0, 0.1) is 6.92 Å². The molecule has 0 amide bonds. The van der Waals surface area contributed by atoms with Crippen molar-refractivity contribution < 1.29 is 4.52 Å². The Kier molecular flexibility index (Phi) is 4.02. The van der Waals surface area contributed by atoms with Gasteiger partial charge >= 0.3 is 0 Å². The first-order chi connectivity index (χ1) is 10.6. The number of hydrogen-bond donors (Lipinski definition) is 0. The van der Waals surface area contributed by atoms with Gasteiger partial charge in [-0.05, 0) is 32.9 Å². The second kappa shape index (κ2) is 5.96. The van der Waals surface area contributed by atoms with Crippen molar-refractivity contribution in [1.29, 1.82) is 0 Å². The molecule has 0 saturated carbocycles. The summed E-state index contributed by atoms with van der Waals surface area (Å²) >= 11 is 1.50. The Morgan fingerprint density at radius 3 is 2.77 bits per heavy atom. The van der Waals surface area contributed by atoms with Crippen molar-refractivity contribution in [3.63, 3.8) is 0 Å². The fourth-order valence-corrected chi connectivity index (χ4v) is 3.32. The Bertz CT molecular complexity index is 867. The Morgan fingerprint density at radius 2 is 2.09 bits per heavy atom. The maximum atomic E-state index is 12.7. The first-order valence-electron chi connectivity index (χ1n) is 7.12. The minimum atomic E-state index is -0.000525. The molecule has 1 aromatic carbocycles. The number of aryl methyl sites for hydroxylation is 1. The molecule has 0 aliphatic rings. The third-order valence-electron chi connectivity index (χ3n) is 3.32. The molecule has 6 heteroatoms. The lowest BCUT2D eigenvalue weighted by molar-refractivity contribution is 0.393. The number of para-hydroxylation sites is 1. The third kappa shape index (κ3) is 2.78. The lowest BCUT2D eigenvalue weighted by Crippen LogP contribution is -2.25. The summed E-state index contributed by atoms with van der Waals surface area (Å²) in [5.74, 6) is 1.40. The van der Waals surface area contributed by atoms with Gasteiger partial charge in [0.1, 0.15) is 5.76 Å². The molecule has 0 N–H and O–H groups in total. The number of hydrogen-bond acceptors (Lipinski definition) is 5. The van der Waals surface area contributed by atoms with E-state index in [1.165, 1.54) is 11.8 Å². The van der Waals surface area contributed by atoms with Gasteiger partial charge < -0.3 is 4.52 Å². The van der Waals surface area contributed by atoms with Crippen LogP contribution in [0.5, 0.6) is 0 Å². The standard InChI is InChI=1S/C16H17N3O2S/c1-10(2)19-15(20)13-6-4-5-7-14(13)17-16(19)22-9-12-8-11(3)21-18-12/h4-8,10H,9H2,1-3H3. The molecule has 0 aliphatic carbocycles. The zero-order valence-corrected chi connectivity index (χ0v) is 13.6. The van der Waals surface area contributed by atoms with Crippen molar-refractivity contribution in [2.45, 2.75) is 37.7 Å². The molecule has 22 heavy (non-hydrogen) atoms. The van der Waals surface area contributed by atoms with E-state index in [9.17, 15) is 4.79 Å². The minimum Gasteiger partial charge on any atom is -0.361 e. The summed E-state index contributed by atoms with van der Waals surface area (Å²) in [6.45, 7) is 5.84. The van der Waals surface area contributed by atoms with Crippen LogP contribution in [0.2, 0.25) is 0 Å². The molecular formula is C16H17N3O2S. The fourth-order valence-electron chi connectivity index (χ4n) is 2.31. The molecule has 0 bridgehead atoms. The van der Waals surface area contributed by atoms with Crippen LogP contribution in [-0.2, 0) is 5.75 Å². The lowest BCUT2D eigenvalue weighted by atomic mass is 10.2. The second-order valence-electron chi connectivity index (χ2n) is 5.40. The van der Waals surface area contributed by atoms with Crippen molar-refractivity contribution in [3.05, 3.63) is 52.1 Å². The molecule has 114 valence electrons. The largest absolute Gasteiger partial charge is 0.361 e. The van der Waals surface area contributed by atoms with Crippen molar-refractivity contribution in [3.8, 4) is 0 Å². The van der Waals surface area contributed by atoms with E-state index in [0.29, 0.717) is 16.3 Å². The van der Waals surface area contributed by atoms with Gasteiger partial charge in [0.2, 0.25) is 0 Å². The first-order valence-corrected chi connectivity index (χ1v) is 8.11. The van der Waals surface area contributed by atoms with Crippen LogP contribution in [0.15, 0.2) is 44.8 Å². The predicted molar refractivity (Wildman–Crippen MR) is 87.2 cm³/mol. The molecule has 0 radical (unpaired) electrons. The van der Waals surface area contributed by atoms with Crippen LogP contribution in [0.4, 0.5) is 0 Å². The summed E-state index contributed by atoms with van der Waals surface area (Å²) in [5.41, 5.74) is 1.57. The lowest BCUT2D eigenvalue weighted by Gasteiger charge is -2.15. The van der Waals surface area contributed by atoms with Crippen LogP contribution < -0.4 is 5.56 Å². The van der Waals surface area contributed by atoms with E-state index in [0.717, 1.165) is 17.0 Å². The summed E-state index contributed by atoms with van der Waals surface area (Å²) in [5, 5.41) is 5.34. The van der Waals surface area contributed by atoms with Crippen molar-refractivity contribution in [1.82, 2.24) is 14.7 Å². The fraction of sp³-hybridized carbons (Fsp3) is 0.312. The number of thioether (sulfide) groups is 1. The topological polar surface area (TPSA) is 60.9 Å². The van der Waals surface area contributed by atoms with Gasteiger partial charge in [-0.1, -0.05) is 29.1 Å². The Balaban J connectivity index is 2.03. The average molecular weight is 315 g/mol. The highest BCUT2D eigenvalue weighted by Crippen LogP contribution is 2.24. The molecule has 0 spiro atoms. The molecule has 2 heterocycles. The van der Waals surface area contributed by atoms with Gasteiger partial charge in [-0.3, -0.25) is 9.36 Å². The Morgan fingerprint density at radius 1 is 1.32 bits per heavy atom. The molecule has 0 fully saturated rings. The number of aromatic nitrogens is 3. The highest BCUT2D eigenvalue weighted by atomic mass is 32.2. The molecule has 2 aromatic heterocycles. The molecule has 3 rings (SSSR count). The summed E-state index contributed by atoms with van der Waals surface area (Å²) < 4.78 is 6.81. The molecule has 3 aromatic rings. The van der Waals surface area contributed by atoms with Crippen LogP contribution in [-0.4, -0.2) is 14.7 Å².